The number of hydrogen-bond acceptors (Lipinski definition) is 4. The zero-order chi connectivity index (χ0) is 19.6. The van der Waals surface area contributed by atoms with E-state index in [0.29, 0.717) is 5.69 Å². The topological polar surface area (TPSA) is 84.5 Å². The molecule has 0 aliphatic rings. The van der Waals surface area contributed by atoms with E-state index in [9.17, 15) is 14.4 Å². The van der Waals surface area contributed by atoms with Crippen LogP contribution in [0, 0.1) is 0 Å². The summed E-state index contributed by atoms with van der Waals surface area (Å²) in [7, 11) is 0. The number of aryl methyl sites for hydroxylation is 1. The van der Waals surface area contributed by atoms with Crippen LogP contribution in [0.3, 0.4) is 0 Å². The van der Waals surface area contributed by atoms with Gasteiger partial charge in [-0.15, -0.1) is 0 Å². The molecule has 140 valence electrons. The minimum atomic E-state index is -0.784. The van der Waals surface area contributed by atoms with Crippen LogP contribution in [0.15, 0.2) is 60.3 Å². The maximum Gasteiger partial charge on any atom is 0.355 e. The minimum absolute atomic E-state index is 0.0320. The number of amides is 2. The number of nitrogens with one attached hydrogen (secondary N) is 2. The standard InChI is InChI=1S/C21H22N2O4/c1-3-17-11-7-8-12-18(17)23-20(25)14-27-21(26)19(22-15(2)24)13-16-9-5-4-6-10-16/h4-13H,3,14H2,1-2H3,(H,22,24)(H,23,25)/b19-13-. The zero-order valence-corrected chi connectivity index (χ0v) is 15.3. The second-order valence-corrected chi connectivity index (χ2v) is 5.78. The highest BCUT2D eigenvalue weighted by Crippen LogP contribution is 2.15. The first kappa shape index (κ1) is 19.9. The van der Waals surface area contributed by atoms with Gasteiger partial charge in [0.25, 0.3) is 5.91 Å². The Labute approximate surface area is 158 Å². The molecule has 6 heteroatoms. The summed E-state index contributed by atoms with van der Waals surface area (Å²) in [5.41, 5.74) is 2.36. The SMILES string of the molecule is CCc1ccccc1NC(=O)COC(=O)/C(=C/c1ccccc1)NC(C)=O. The number of esters is 1. The Morgan fingerprint density at radius 1 is 1.00 bits per heavy atom. The minimum Gasteiger partial charge on any atom is -0.451 e. The molecule has 2 rings (SSSR count). The number of rotatable bonds is 7. The van der Waals surface area contributed by atoms with E-state index in [0.717, 1.165) is 17.5 Å². The number of hydrogen-bond donors (Lipinski definition) is 2. The van der Waals surface area contributed by atoms with E-state index in [1.807, 2.05) is 31.2 Å². The van der Waals surface area contributed by atoms with E-state index in [4.69, 9.17) is 4.74 Å². The first-order valence-electron chi connectivity index (χ1n) is 8.58. The van der Waals surface area contributed by atoms with Gasteiger partial charge in [0.2, 0.25) is 5.91 Å². The molecule has 0 saturated heterocycles. The first-order valence-corrected chi connectivity index (χ1v) is 8.58. The van der Waals surface area contributed by atoms with Crippen LogP contribution in [-0.2, 0) is 25.5 Å². The van der Waals surface area contributed by atoms with Gasteiger partial charge in [0, 0.05) is 12.6 Å². The van der Waals surface area contributed by atoms with Crippen molar-refractivity contribution in [1.29, 1.82) is 0 Å². The van der Waals surface area contributed by atoms with Crippen molar-refractivity contribution in [3.63, 3.8) is 0 Å². The fourth-order valence-corrected chi connectivity index (χ4v) is 2.40. The van der Waals surface area contributed by atoms with Crippen LogP contribution < -0.4 is 10.6 Å². The predicted molar refractivity (Wildman–Crippen MR) is 104 cm³/mol. The fraction of sp³-hybridized carbons (Fsp3) is 0.190. The lowest BCUT2D eigenvalue weighted by Crippen LogP contribution is -2.29. The number of benzene rings is 2. The van der Waals surface area contributed by atoms with Crippen molar-refractivity contribution in [2.45, 2.75) is 20.3 Å². The van der Waals surface area contributed by atoms with Crippen molar-refractivity contribution in [1.82, 2.24) is 5.32 Å². The molecule has 0 unspecified atom stereocenters. The Morgan fingerprint density at radius 3 is 2.33 bits per heavy atom. The summed E-state index contributed by atoms with van der Waals surface area (Å²) in [6, 6.07) is 16.4. The molecule has 0 saturated carbocycles. The van der Waals surface area contributed by atoms with E-state index in [1.54, 1.807) is 30.3 Å². The Bertz CT molecular complexity index is 844. The summed E-state index contributed by atoms with van der Waals surface area (Å²) in [6.45, 7) is 2.82. The van der Waals surface area contributed by atoms with Crippen molar-refractivity contribution in [2.24, 2.45) is 0 Å². The van der Waals surface area contributed by atoms with Crippen LogP contribution in [-0.4, -0.2) is 24.4 Å². The second-order valence-electron chi connectivity index (χ2n) is 5.78. The summed E-state index contributed by atoms with van der Waals surface area (Å²) < 4.78 is 5.05. The predicted octanol–water partition coefficient (Wildman–Crippen LogP) is 2.91. The third-order valence-corrected chi connectivity index (χ3v) is 3.65. The van der Waals surface area contributed by atoms with Crippen molar-refractivity contribution in [3.8, 4) is 0 Å². The lowest BCUT2D eigenvalue weighted by molar-refractivity contribution is -0.144. The van der Waals surface area contributed by atoms with Gasteiger partial charge in [-0.05, 0) is 29.7 Å². The Kier molecular flexibility index (Phi) is 7.31. The highest BCUT2D eigenvalue weighted by Gasteiger charge is 2.15. The number of anilines is 1. The first-order chi connectivity index (χ1) is 13.0. The molecule has 0 heterocycles. The molecular weight excluding hydrogens is 344 g/mol. The maximum atomic E-state index is 12.3. The van der Waals surface area contributed by atoms with E-state index in [-0.39, 0.29) is 5.70 Å². The highest BCUT2D eigenvalue weighted by atomic mass is 16.5. The molecule has 0 radical (unpaired) electrons. The van der Waals surface area contributed by atoms with Gasteiger partial charge in [-0.25, -0.2) is 4.79 Å². The van der Waals surface area contributed by atoms with Crippen molar-refractivity contribution in [2.75, 3.05) is 11.9 Å². The van der Waals surface area contributed by atoms with Crippen LogP contribution in [0.4, 0.5) is 5.69 Å². The van der Waals surface area contributed by atoms with Gasteiger partial charge < -0.3 is 15.4 Å². The van der Waals surface area contributed by atoms with Gasteiger partial charge in [0.15, 0.2) is 6.61 Å². The van der Waals surface area contributed by atoms with Gasteiger partial charge in [0.05, 0.1) is 0 Å². The van der Waals surface area contributed by atoms with Crippen LogP contribution in [0.5, 0.6) is 0 Å². The van der Waals surface area contributed by atoms with Crippen molar-refractivity contribution >= 4 is 29.5 Å². The highest BCUT2D eigenvalue weighted by molar-refractivity contribution is 5.99. The molecule has 2 aromatic rings. The lowest BCUT2D eigenvalue weighted by atomic mass is 10.1. The molecule has 0 fully saturated rings. The zero-order valence-electron chi connectivity index (χ0n) is 15.3. The lowest BCUT2D eigenvalue weighted by Gasteiger charge is -2.11. The van der Waals surface area contributed by atoms with E-state index >= 15 is 0 Å². The Balaban J connectivity index is 2.01. The molecule has 0 spiro atoms. The normalized spacial score (nSPS) is 10.8. The number of carbonyl (C=O) groups excluding carboxylic acids is 3. The molecule has 2 N–H and O–H groups in total. The molecule has 27 heavy (non-hydrogen) atoms. The van der Waals surface area contributed by atoms with Crippen LogP contribution >= 0.6 is 0 Å². The summed E-state index contributed by atoms with van der Waals surface area (Å²) >= 11 is 0. The molecule has 0 atom stereocenters. The van der Waals surface area contributed by atoms with E-state index in [2.05, 4.69) is 10.6 Å². The average Bonchev–Trinajstić information content (AvgIpc) is 2.66. The summed E-state index contributed by atoms with van der Waals surface area (Å²) in [5, 5.41) is 5.16. The largest absolute Gasteiger partial charge is 0.451 e. The number of carbonyl (C=O) groups is 3. The van der Waals surface area contributed by atoms with Crippen molar-refractivity contribution < 1.29 is 19.1 Å². The van der Waals surface area contributed by atoms with E-state index < -0.39 is 24.4 Å². The van der Waals surface area contributed by atoms with Gasteiger partial charge in [-0.1, -0.05) is 55.5 Å². The smallest absolute Gasteiger partial charge is 0.355 e. The van der Waals surface area contributed by atoms with Gasteiger partial charge in [-0.3, -0.25) is 9.59 Å². The summed E-state index contributed by atoms with van der Waals surface area (Å²) in [4.78, 5) is 35.7. The molecule has 0 aliphatic carbocycles. The summed E-state index contributed by atoms with van der Waals surface area (Å²) in [6.07, 6.45) is 2.26. The van der Waals surface area contributed by atoms with Gasteiger partial charge in [-0.2, -0.15) is 0 Å². The monoisotopic (exact) mass is 366 g/mol. The number of ether oxygens (including phenoxy) is 1. The third kappa shape index (κ3) is 6.43. The second kappa shape index (κ2) is 9.91. The third-order valence-electron chi connectivity index (χ3n) is 3.65. The molecule has 0 aliphatic heterocycles. The maximum absolute atomic E-state index is 12.3. The molecule has 6 nitrogen and oxygen atoms in total. The molecular formula is C21H22N2O4. The molecule has 2 amide bonds. The van der Waals surface area contributed by atoms with Crippen LogP contribution in [0.25, 0.3) is 6.08 Å². The van der Waals surface area contributed by atoms with Gasteiger partial charge >= 0.3 is 5.97 Å². The summed E-state index contributed by atoms with van der Waals surface area (Å²) in [5.74, 6) is -1.64. The molecule has 0 bridgehead atoms. The van der Waals surface area contributed by atoms with Gasteiger partial charge in [0.1, 0.15) is 5.70 Å². The fourth-order valence-electron chi connectivity index (χ4n) is 2.40. The van der Waals surface area contributed by atoms with Crippen molar-refractivity contribution in [3.05, 3.63) is 71.4 Å². The molecule has 2 aromatic carbocycles. The number of para-hydroxylation sites is 1. The average molecular weight is 366 g/mol. The van der Waals surface area contributed by atoms with E-state index in [1.165, 1.54) is 13.0 Å². The quantitative estimate of drug-likeness (QED) is 0.583. The Morgan fingerprint density at radius 2 is 1.67 bits per heavy atom. The van der Waals surface area contributed by atoms with Crippen LogP contribution in [0.2, 0.25) is 0 Å². The Hall–Kier alpha value is -3.41. The molecule has 0 aromatic heterocycles. The van der Waals surface area contributed by atoms with Crippen LogP contribution in [0.1, 0.15) is 25.0 Å².